The Morgan fingerprint density at radius 3 is 2.05 bits per heavy atom. The Balaban J connectivity index is 1.53. The molecule has 0 spiro atoms. The Hall–Kier alpha value is -5.99. The molecule has 0 amide bonds. The molecule has 4 heterocycles. The monoisotopic (exact) mass is 533 g/mol. The highest BCUT2D eigenvalue weighted by atomic mass is 15.1. The molecule has 0 aliphatic rings. The molecule has 10 rings (SSSR count). The maximum Gasteiger partial charge on any atom is 0.234 e. The van der Waals surface area contributed by atoms with Gasteiger partial charge in [-0.15, -0.1) is 0 Å². The lowest BCUT2D eigenvalue weighted by molar-refractivity contribution is 1.05. The van der Waals surface area contributed by atoms with E-state index in [9.17, 15) is 5.26 Å². The largest absolute Gasteiger partial charge is 0.308 e. The summed E-state index contributed by atoms with van der Waals surface area (Å²) in [5.74, 6) is 0.879. The van der Waals surface area contributed by atoms with Gasteiger partial charge >= 0.3 is 0 Å². The first-order chi connectivity index (χ1) is 20.8. The van der Waals surface area contributed by atoms with Crippen LogP contribution in [-0.4, -0.2) is 18.9 Å². The predicted octanol–water partition coefficient (Wildman–Crippen LogP) is 8.90. The molecule has 192 valence electrons. The van der Waals surface area contributed by atoms with Gasteiger partial charge in [-0.05, 0) is 53.2 Å². The molecule has 42 heavy (non-hydrogen) atoms. The number of nitriles is 1. The fourth-order valence-corrected chi connectivity index (χ4v) is 7.21. The van der Waals surface area contributed by atoms with E-state index in [4.69, 9.17) is 4.98 Å². The molecule has 0 radical (unpaired) electrons. The lowest BCUT2D eigenvalue weighted by Crippen LogP contribution is -2.02. The van der Waals surface area contributed by atoms with E-state index < -0.39 is 0 Å². The normalized spacial score (nSPS) is 12.3. The van der Waals surface area contributed by atoms with E-state index in [1.807, 2.05) is 24.3 Å². The van der Waals surface area contributed by atoms with E-state index >= 15 is 0 Å². The Morgan fingerprint density at radius 2 is 1.21 bits per heavy atom. The van der Waals surface area contributed by atoms with Crippen LogP contribution in [0, 0.1) is 11.3 Å². The molecule has 0 saturated carbocycles. The Kier molecular flexibility index (Phi) is 3.94. The van der Waals surface area contributed by atoms with Crippen LogP contribution in [0.5, 0.6) is 0 Å². The second-order valence-electron chi connectivity index (χ2n) is 11.0. The Morgan fingerprint density at radius 1 is 0.524 bits per heavy atom. The third-order valence-corrected chi connectivity index (χ3v) is 8.86. The molecule has 0 atom stereocenters. The van der Waals surface area contributed by atoms with Gasteiger partial charge in [0.25, 0.3) is 0 Å². The maximum absolute atomic E-state index is 9.88. The van der Waals surface area contributed by atoms with Crippen LogP contribution in [0.15, 0.2) is 115 Å². The topological polar surface area (TPSA) is 58.9 Å². The summed E-state index contributed by atoms with van der Waals surface area (Å²) in [6, 6.07) is 42.9. The Labute approximate surface area is 238 Å². The van der Waals surface area contributed by atoms with Crippen LogP contribution < -0.4 is 0 Å². The molecular formula is C37H19N5. The number of aromatic nitrogens is 4. The maximum atomic E-state index is 9.88. The van der Waals surface area contributed by atoms with Crippen LogP contribution in [0.2, 0.25) is 0 Å². The second-order valence-corrected chi connectivity index (χ2v) is 11.0. The summed E-state index contributed by atoms with van der Waals surface area (Å²) in [6.07, 6.45) is 0. The fourth-order valence-electron chi connectivity index (χ4n) is 7.21. The van der Waals surface area contributed by atoms with Crippen molar-refractivity contribution in [2.75, 3.05) is 0 Å². The number of fused-ring (bicyclic) bond motifs is 12. The van der Waals surface area contributed by atoms with E-state index in [1.54, 1.807) is 0 Å². The molecule has 0 aliphatic carbocycles. The molecule has 0 fully saturated rings. The average molecular weight is 534 g/mol. The summed E-state index contributed by atoms with van der Waals surface area (Å²) in [4.78, 5) is 9.35. The quantitative estimate of drug-likeness (QED) is 0.212. The summed E-state index contributed by atoms with van der Waals surface area (Å²) >= 11 is 0. The summed E-state index contributed by atoms with van der Waals surface area (Å²) < 4.78 is 4.68. The first-order valence-corrected chi connectivity index (χ1v) is 14.0. The van der Waals surface area contributed by atoms with Gasteiger partial charge < -0.3 is 4.40 Å². The minimum atomic E-state index is 0.161. The fraction of sp³-hybridized carbons (Fsp3) is 0. The van der Waals surface area contributed by atoms with Gasteiger partial charge in [-0.25, -0.2) is 9.97 Å². The molecule has 4 aromatic heterocycles. The number of benzene rings is 6. The molecule has 0 bridgehead atoms. The van der Waals surface area contributed by atoms with Gasteiger partial charge in [0.1, 0.15) is 11.9 Å². The molecule has 5 heteroatoms. The summed E-state index contributed by atoms with van der Waals surface area (Å²) in [6.45, 7) is 0. The molecule has 0 saturated heterocycles. The second kappa shape index (κ2) is 7.60. The number of rotatable bonds is 1. The third-order valence-electron chi connectivity index (χ3n) is 8.86. The van der Waals surface area contributed by atoms with Crippen LogP contribution in [0.25, 0.3) is 87.4 Å². The van der Waals surface area contributed by atoms with Crippen molar-refractivity contribution >= 4 is 81.6 Å². The van der Waals surface area contributed by atoms with Gasteiger partial charge in [-0.2, -0.15) is 5.26 Å². The lowest BCUT2D eigenvalue weighted by Gasteiger charge is -2.11. The van der Waals surface area contributed by atoms with Crippen LogP contribution in [0.1, 0.15) is 5.82 Å². The van der Waals surface area contributed by atoms with Gasteiger partial charge in [-0.1, -0.05) is 72.8 Å². The Bertz CT molecular complexity index is 2810. The smallest absolute Gasteiger partial charge is 0.234 e. The van der Waals surface area contributed by atoms with Crippen LogP contribution >= 0.6 is 0 Å². The molecule has 0 unspecified atom stereocenters. The van der Waals surface area contributed by atoms with Crippen molar-refractivity contribution in [1.82, 2.24) is 18.9 Å². The standard InChI is InChI=1S/C37H19N5/c38-20-33-39-28-14-6-3-12-24(28)37(40-33)42-30-16-8-5-13-25(30)34-32(42)19-26-23-11-4-7-15-29(23)41-31-18-22-10-2-1-9-21(22)17-27(31)35(34)36(26)41/h1-19H. The lowest BCUT2D eigenvalue weighted by atomic mass is 10.0. The minimum Gasteiger partial charge on any atom is -0.308 e. The van der Waals surface area contributed by atoms with Gasteiger partial charge in [-0.3, -0.25) is 4.57 Å². The van der Waals surface area contributed by atoms with Crippen LogP contribution in [0.3, 0.4) is 0 Å². The van der Waals surface area contributed by atoms with E-state index in [-0.39, 0.29) is 5.82 Å². The van der Waals surface area contributed by atoms with Crippen LogP contribution in [-0.2, 0) is 0 Å². The van der Waals surface area contributed by atoms with E-state index in [1.165, 1.54) is 54.3 Å². The van der Waals surface area contributed by atoms with Crippen molar-refractivity contribution in [3.8, 4) is 11.9 Å². The van der Waals surface area contributed by atoms with E-state index in [0.717, 1.165) is 33.1 Å². The highest BCUT2D eigenvalue weighted by Gasteiger charge is 2.25. The molecule has 5 nitrogen and oxygen atoms in total. The zero-order valence-corrected chi connectivity index (χ0v) is 22.2. The van der Waals surface area contributed by atoms with Gasteiger partial charge in [0.2, 0.25) is 5.82 Å². The SMILES string of the molecule is N#Cc1nc(-n2c3ccccc3c3c4c5cc6ccccc6cc5n5c6ccccc6c(cc32)c45)c2ccccc2n1. The van der Waals surface area contributed by atoms with Gasteiger partial charge in [0.05, 0.1) is 33.1 Å². The highest BCUT2D eigenvalue weighted by molar-refractivity contribution is 6.36. The molecule has 6 aromatic carbocycles. The van der Waals surface area contributed by atoms with Crippen molar-refractivity contribution in [1.29, 1.82) is 5.26 Å². The van der Waals surface area contributed by atoms with Crippen molar-refractivity contribution in [3.63, 3.8) is 0 Å². The number of nitrogens with zero attached hydrogens (tertiary/aromatic N) is 5. The summed E-state index contributed by atoms with van der Waals surface area (Å²) in [5, 5.41) is 20.5. The molecule has 0 N–H and O–H groups in total. The van der Waals surface area contributed by atoms with Crippen LogP contribution in [0.4, 0.5) is 0 Å². The van der Waals surface area contributed by atoms with Crippen molar-refractivity contribution in [2.24, 2.45) is 0 Å². The molecule has 10 aromatic rings. The van der Waals surface area contributed by atoms with Gasteiger partial charge in [0.15, 0.2) is 0 Å². The van der Waals surface area contributed by atoms with Crippen molar-refractivity contribution in [2.45, 2.75) is 0 Å². The summed E-state index contributed by atoms with van der Waals surface area (Å²) in [7, 11) is 0. The number of hydrogen-bond donors (Lipinski definition) is 0. The average Bonchev–Trinajstić information content (AvgIpc) is 3.67. The van der Waals surface area contributed by atoms with E-state index in [0.29, 0.717) is 0 Å². The minimum absolute atomic E-state index is 0.161. The number of hydrogen-bond acceptors (Lipinski definition) is 3. The first kappa shape index (κ1) is 21.8. The number of para-hydroxylation sites is 3. The van der Waals surface area contributed by atoms with Crippen molar-refractivity contribution in [3.05, 3.63) is 121 Å². The molecule has 0 aliphatic heterocycles. The zero-order valence-electron chi connectivity index (χ0n) is 22.2. The molecular weight excluding hydrogens is 514 g/mol. The van der Waals surface area contributed by atoms with Crippen molar-refractivity contribution < 1.29 is 0 Å². The summed E-state index contributed by atoms with van der Waals surface area (Å²) in [5.41, 5.74) is 6.51. The predicted molar refractivity (Wildman–Crippen MR) is 171 cm³/mol. The zero-order chi connectivity index (χ0) is 27.5. The highest BCUT2D eigenvalue weighted by Crippen LogP contribution is 2.47. The van der Waals surface area contributed by atoms with E-state index in [2.05, 4.69) is 111 Å². The third kappa shape index (κ3) is 2.57. The van der Waals surface area contributed by atoms with Gasteiger partial charge in [0, 0.05) is 37.7 Å². The first-order valence-electron chi connectivity index (χ1n) is 14.0.